The van der Waals surface area contributed by atoms with Gasteiger partial charge in [0.15, 0.2) is 5.69 Å². The summed E-state index contributed by atoms with van der Waals surface area (Å²) in [6.45, 7) is 4.06. The van der Waals surface area contributed by atoms with Crippen LogP contribution in [-0.4, -0.2) is 21.3 Å². The number of benzene rings is 1. The first-order valence-corrected chi connectivity index (χ1v) is 6.20. The summed E-state index contributed by atoms with van der Waals surface area (Å²) in [6, 6.07) is 9.31. The Bertz CT molecular complexity index is 582. The summed E-state index contributed by atoms with van der Waals surface area (Å²) in [5.41, 5.74) is 2.30. The van der Waals surface area contributed by atoms with Crippen molar-refractivity contribution in [1.82, 2.24) is 10.2 Å². The fourth-order valence-electron chi connectivity index (χ4n) is 1.42. The number of aromatic nitrogens is 2. The van der Waals surface area contributed by atoms with Gasteiger partial charge in [-0.25, -0.2) is 4.79 Å². The van der Waals surface area contributed by atoms with Crippen molar-refractivity contribution in [1.29, 1.82) is 0 Å². The molecule has 0 saturated heterocycles. The molecule has 0 fully saturated rings. The molecule has 1 aromatic heterocycles. The number of aryl methyl sites for hydroxylation is 2. The van der Waals surface area contributed by atoms with Gasteiger partial charge in [-0.05, 0) is 43.2 Å². The second kappa shape index (κ2) is 5.18. The van der Waals surface area contributed by atoms with E-state index in [1.165, 1.54) is 23.4 Å². The Morgan fingerprint density at radius 2 is 1.94 bits per heavy atom. The van der Waals surface area contributed by atoms with Gasteiger partial charge in [0.25, 0.3) is 0 Å². The van der Waals surface area contributed by atoms with E-state index in [0.717, 1.165) is 10.5 Å². The van der Waals surface area contributed by atoms with E-state index in [4.69, 9.17) is 5.11 Å². The lowest BCUT2D eigenvalue weighted by atomic mass is 10.2. The van der Waals surface area contributed by atoms with Crippen LogP contribution in [0.5, 0.6) is 0 Å². The number of carboxylic acids is 1. The zero-order valence-electron chi connectivity index (χ0n) is 10.0. The van der Waals surface area contributed by atoms with Crippen LogP contribution in [0.4, 0.5) is 0 Å². The lowest BCUT2D eigenvalue weighted by molar-refractivity contribution is 0.0689. The van der Waals surface area contributed by atoms with Gasteiger partial charge >= 0.3 is 5.97 Å². The first kappa shape index (κ1) is 12.6. The summed E-state index contributed by atoms with van der Waals surface area (Å²) in [5, 5.41) is 17.0. The maximum Gasteiger partial charge on any atom is 0.356 e. The second-order valence-corrected chi connectivity index (χ2v) is 5.00. The van der Waals surface area contributed by atoms with Gasteiger partial charge in [0.05, 0.1) is 0 Å². The fraction of sp³-hybridized carbons (Fsp3) is 0.154. The van der Waals surface area contributed by atoms with Gasteiger partial charge in [0, 0.05) is 4.90 Å². The predicted molar refractivity (Wildman–Crippen MR) is 69.0 cm³/mol. The van der Waals surface area contributed by atoms with E-state index in [2.05, 4.69) is 28.4 Å². The van der Waals surface area contributed by atoms with Crippen molar-refractivity contribution in [3.8, 4) is 0 Å². The predicted octanol–water partition coefficient (Wildman–Crippen LogP) is 2.94. The molecule has 0 amide bonds. The van der Waals surface area contributed by atoms with Crippen molar-refractivity contribution in [2.45, 2.75) is 23.8 Å². The van der Waals surface area contributed by atoms with Crippen molar-refractivity contribution in [2.75, 3.05) is 0 Å². The summed E-state index contributed by atoms with van der Waals surface area (Å²) >= 11 is 1.48. The third-order valence-electron chi connectivity index (χ3n) is 2.42. The molecule has 0 spiro atoms. The SMILES string of the molecule is Cc1ccc(C)c(Sc2ccc(C(=O)O)nn2)c1. The number of hydrogen-bond donors (Lipinski definition) is 1. The molecular weight excluding hydrogens is 248 g/mol. The van der Waals surface area contributed by atoms with Crippen molar-refractivity contribution in [3.63, 3.8) is 0 Å². The van der Waals surface area contributed by atoms with Gasteiger partial charge in [-0.15, -0.1) is 10.2 Å². The highest BCUT2D eigenvalue weighted by Crippen LogP contribution is 2.29. The van der Waals surface area contributed by atoms with E-state index in [-0.39, 0.29) is 5.69 Å². The molecule has 1 heterocycles. The maximum atomic E-state index is 10.7. The molecule has 2 rings (SSSR count). The molecule has 0 aliphatic heterocycles. The molecular formula is C13H12N2O2S. The van der Waals surface area contributed by atoms with E-state index in [1.807, 2.05) is 13.8 Å². The molecule has 0 atom stereocenters. The highest BCUT2D eigenvalue weighted by Gasteiger charge is 2.07. The van der Waals surface area contributed by atoms with Crippen molar-refractivity contribution >= 4 is 17.7 Å². The highest BCUT2D eigenvalue weighted by molar-refractivity contribution is 7.99. The summed E-state index contributed by atoms with van der Waals surface area (Å²) < 4.78 is 0. The third kappa shape index (κ3) is 2.87. The molecule has 0 unspecified atom stereocenters. The van der Waals surface area contributed by atoms with E-state index in [0.29, 0.717) is 5.03 Å². The average Bonchev–Trinajstić information content (AvgIpc) is 2.34. The van der Waals surface area contributed by atoms with E-state index in [1.54, 1.807) is 6.07 Å². The summed E-state index contributed by atoms with van der Waals surface area (Å²) in [4.78, 5) is 11.8. The summed E-state index contributed by atoms with van der Waals surface area (Å²) in [6.07, 6.45) is 0. The lowest BCUT2D eigenvalue weighted by Gasteiger charge is -2.05. The topological polar surface area (TPSA) is 63.1 Å². The van der Waals surface area contributed by atoms with E-state index in [9.17, 15) is 4.79 Å². The number of carboxylic acid groups (broad SMARTS) is 1. The Labute approximate surface area is 109 Å². The van der Waals surface area contributed by atoms with Gasteiger partial charge in [-0.3, -0.25) is 0 Å². The van der Waals surface area contributed by atoms with Crippen molar-refractivity contribution in [3.05, 3.63) is 47.2 Å². The van der Waals surface area contributed by atoms with Crippen LogP contribution in [0.1, 0.15) is 21.6 Å². The molecule has 0 aliphatic rings. The molecule has 0 aliphatic carbocycles. The Morgan fingerprint density at radius 1 is 1.17 bits per heavy atom. The van der Waals surface area contributed by atoms with Crippen LogP contribution in [0.2, 0.25) is 0 Å². The van der Waals surface area contributed by atoms with E-state index >= 15 is 0 Å². The third-order valence-corrected chi connectivity index (χ3v) is 3.50. The molecule has 4 nitrogen and oxygen atoms in total. The Kier molecular flexibility index (Phi) is 3.62. The molecule has 0 bridgehead atoms. The summed E-state index contributed by atoms with van der Waals surface area (Å²) in [5.74, 6) is -1.06. The number of nitrogens with zero attached hydrogens (tertiary/aromatic N) is 2. The largest absolute Gasteiger partial charge is 0.476 e. The smallest absolute Gasteiger partial charge is 0.356 e. The average molecular weight is 260 g/mol. The number of aromatic carboxylic acids is 1. The second-order valence-electron chi connectivity index (χ2n) is 3.93. The molecule has 1 aromatic carbocycles. The Morgan fingerprint density at radius 3 is 2.56 bits per heavy atom. The molecule has 0 saturated carbocycles. The molecule has 0 radical (unpaired) electrons. The number of rotatable bonds is 3. The molecule has 5 heteroatoms. The minimum Gasteiger partial charge on any atom is -0.476 e. The number of hydrogen-bond acceptors (Lipinski definition) is 4. The zero-order valence-corrected chi connectivity index (χ0v) is 10.9. The van der Waals surface area contributed by atoms with Crippen LogP contribution in [-0.2, 0) is 0 Å². The maximum absolute atomic E-state index is 10.7. The molecule has 18 heavy (non-hydrogen) atoms. The minimum atomic E-state index is -1.06. The number of carbonyl (C=O) groups is 1. The van der Waals surface area contributed by atoms with Crippen LogP contribution in [0.15, 0.2) is 40.3 Å². The van der Waals surface area contributed by atoms with Crippen molar-refractivity contribution < 1.29 is 9.90 Å². The normalized spacial score (nSPS) is 10.3. The van der Waals surface area contributed by atoms with Gasteiger partial charge in [-0.1, -0.05) is 23.9 Å². The van der Waals surface area contributed by atoms with Gasteiger partial charge in [0.2, 0.25) is 0 Å². The quantitative estimate of drug-likeness (QED) is 0.919. The summed E-state index contributed by atoms with van der Waals surface area (Å²) in [7, 11) is 0. The Hall–Kier alpha value is -1.88. The van der Waals surface area contributed by atoms with Gasteiger partial charge < -0.3 is 5.11 Å². The molecule has 1 N–H and O–H groups in total. The first-order valence-electron chi connectivity index (χ1n) is 5.38. The lowest BCUT2D eigenvalue weighted by Crippen LogP contribution is -2.01. The fourth-order valence-corrected chi connectivity index (χ4v) is 2.34. The zero-order chi connectivity index (χ0) is 13.1. The Balaban J connectivity index is 2.23. The minimum absolute atomic E-state index is 0.0414. The van der Waals surface area contributed by atoms with Crippen LogP contribution >= 0.6 is 11.8 Å². The molecule has 92 valence electrons. The van der Waals surface area contributed by atoms with Gasteiger partial charge in [0.1, 0.15) is 5.03 Å². The monoisotopic (exact) mass is 260 g/mol. The highest BCUT2D eigenvalue weighted by atomic mass is 32.2. The molecule has 2 aromatic rings. The standard InChI is InChI=1S/C13H12N2O2S/c1-8-3-4-9(2)11(7-8)18-12-6-5-10(13(16)17)14-15-12/h3-7H,1-2H3,(H,16,17). The van der Waals surface area contributed by atoms with Crippen LogP contribution in [0.25, 0.3) is 0 Å². The van der Waals surface area contributed by atoms with Crippen LogP contribution in [0.3, 0.4) is 0 Å². The first-order chi connectivity index (χ1) is 8.56. The van der Waals surface area contributed by atoms with Crippen LogP contribution < -0.4 is 0 Å². The van der Waals surface area contributed by atoms with Crippen molar-refractivity contribution in [2.24, 2.45) is 0 Å². The van der Waals surface area contributed by atoms with Gasteiger partial charge in [-0.2, -0.15) is 0 Å². The van der Waals surface area contributed by atoms with Crippen LogP contribution in [0, 0.1) is 13.8 Å². The van der Waals surface area contributed by atoms with E-state index < -0.39 is 5.97 Å².